The number of aryl methyl sites for hydroxylation is 1. The largest absolute Gasteiger partial charge is 0.488 e. The van der Waals surface area contributed by atoms with Crippen molar-refractivity contribution >= 4 is 23.4 Å². The lowest BCUT2D eigenvalue weighted by molar-refractivity contribution is -0.139. The molecule has 0 amide bonds. The van der Waals surface area contributed by atoms with Crippen LogP contribution in [0, 0.1) is 31.1 Å². The standard InChI is InChI=1S/C49H50ClN3O6/c1-30-38(29-59-48-23-47(58-28-34-16-33(24-51)25-52-26-34)37(21-46(48)50)6-3-8-41(54)22-49(56)57)7-4-10-44(30)45-11-5-9-43(31(45)2)36-14-13-35-19-40(20-39(35)18-36)53-27-32-12-15-42(55)17-32/h4-5,7,9-11,13-14,16,18,21,23,25-26,32,40-41,53-54H,3,6,8,12,15,17,19-20,22,27-29H2,1-2H3,(H,56,57)/t32?,40?,41-/m1/s1. The number of hydrogen-bond donors (Lipinski definition) is 3. The van der Waals surface area contributed by atoms with Crippen molar-refractivity contribution in [1.29, 1.82) is 5.26 Å². The summed E-state index contributed by atoms with van der Waals surface area (Å²) >= 11 is 6.82. The van der Waals surface area contributed by atoms with Crippen molar-refractivity contribution in [1.82, 2.24) is 10.3 Å². The Morgan fingerprint density at radius 2 is 1.68 bits per heavy atom. The summed E-state index contributed by atoms with van der Waals surface area (Å²) in [6, 6.07) is 27.5. The molecule has 1 aromatic heterocycles. The van der Waals surface area contributed by atoms with Gasteiger partial charge in [0, 0.05) is 42.9 Å². The van der Waals surface area contributed by atoms with Gasteiger partial charge in [-0.3, -0.25) is 14.6 Å². The number of ether oxygens (including phenoxy) is 2. The van der Waals surface area contributed by atoms with Gasteiger partial charge < -0.3 is 25.0 Å². The molecule has 2 aliphatic rings. The number of nitriles is 1. The molecule has 1 fully saturated rings. The van der Waals surface area contributed by atoms with Crippen LogP contribution in [0.5, 0.6) is 11.5 Å². The Morgan fingerprint density at radius 1 is 0.915 bits per heavy atom. The predicted octanol–water partition coefficient (Wildman–Crippen LogP) is 9.30. The van der Waals surface area contributed by atoms with E-state index in [-0.39, 0.29) is 19.6 Å². The zero-order chi connectivity index (χ0) is 41.5. The van der Waals surface area contributed by atoms with Crippen LogP contribution in [0.3, 0.4) is 0 Å². The van der Waals surface area contributed by atoms with Gasteiger partial charge in [-0.05, 0) is 133 Å². The molecule has 0 bridgehead atoms. The Balaban J connectivity index is 1.06. The molecule has 9 nitrogen and oxygen atoms in total. The number of carboxylic acid groups (broad SMARTS) is 1. The summed E-state index contributed by atoms with van der Waals surface area (Å²) in [7, 11) is 0. The van der Waals surface area contributed by atoms with Crippen LogP contribution in [-0.2, 0) is 42.1 Å². The number of hydrogen-bond acceptors (Lipinski definition) is 8. The lowest BCUT2D eigenvalue weighted by Crippen LogP contribution is -2.33. The van der Waals surface area contributed by atoms with Gasteiger partial charge in [-0.25, -0.2) is 0 Å². The van der Waals surface area contributed by atoms with Crippen LogP contribution >= 0.6 is 11.6 Å². The van der Waals surface area contributed by atoms with E-state index in [2.05, 4.69) is 84.8 Å². The van der Waals surface area contributed by atoms with Crippen molar-refractivity contribution in [3.05, 3.63) is 135 Å². The number of rotatable bonds is 17. The summed E-state index contributed by atoms with van der Waals surface area (Å²) in [5.74, 6) is 0.815. The van der Waals surface area contributed by atoms with Crippen LogP contribution < -0.4 is 14.8 Å². The van der Waals surface area contributed by atoms with E-state index in [1.165, 1.54) is 34.0 Å². The van der Waals surface area contributed by atoms with Gasteiger partial charge in [0.15, 0.2) is 0 Å². The molecule has 0 spiro atoms. The first-order valence-electron chi connectivity index (χ1n) is 20.4. The first kappa shape index (κ1) is 41.6. The summed E-state index contributed by atoms with van der Waals surface area (Å²) in [5, 5.41) is 32.7. The fraction of sp³-hybridized carbons (Fsp3) is 0.347. The van der Waals surface area contributed by atoms with Crippen molar-refractivity contribution in [3.8, 4) is 39.8 Å². The maximum atomic E-state index is 11.8. The fourth-order valence-corrected chi connectivity index (χ4v) is 8.73. The van der Waals surface area contributed by atoms with Crippen LogP contribution in [0.15, 0.2) is 85.2 Å². The Labute approximate surface area is 351 Å². The first-order chi connectivity index (χ1) is 28.5. The third kappa shape index (κ3) is 10.4. The van der Waals surface area contributed by atoms with E-state index in [1.54, 1.807) is 24.4 Å². The van der Waals surface area contributed by atoms with Crippen LogP contribution in [0.4, 0.5) is 0 Å². The normalized spacial score (nSPS) is 16.4. The highest BCUT2D eigenvalue weighted by Crippen LogP contribution is 2.38. The number of fused-ring (bicyclic) bond motifs is 1. The second-order valence-corrected chi connectivity index (χ2v) is 16.4. The van der Waals surface area contributed by atoms with E-state index in [0.29, 0.717) is 59.1 Å². The quantitative estimate of drug-likeness (QED) is 0.0838. The number of benzene rings is 4. The number of nitrogens with zero attached hydrogens (tertiary/aromatic N) is 2. The number of aliphatic hydroxyl groups is 1. The van der Waals surface area contributed by atoms with Gasteiger partial charge in [-0.1, -0.05) is 66.2 Å². The van der Waals surface area contributed by atoms with Crippen molar-refractivity contribution in [2.45, 2.75) is 97.0 Å². The van der Waals surface area contributed by atoms with Gasteiger partial charge in [-0.2, -0.15) is 5.26 Å². The van der Waals surface area contributed by atoms with E-state index >= 15 is 0 Å². The van der Waals surface area contributed by atoms with E-state index < -0.39 is 12.1 Å². The second kappa shape index (κ2) is 19.0. The summed E-state index contributed by atoms with van der Waals surface area (Å²) in [6.07, 6.45) is 7.67. The van der Waals surface area contributed by atoms with Crippen molar-refractivity contribution in [2.24, 2.45) is 5.92 Å². The summed E-state index contributed by atoms with van der Waals surface area (Å²) in [4.78, 5) is 26.9. The van der Waals surface area contributed by atoms with Gasteiger partial charge in [0.2, 0.25) is 0 Å². The summed E-state index contributed by atoms with van der Waals surface area (Å²) in [6.45, 7) is 5.65. The van der Waals surface area contributed by atoms with Crippen LogP contribution in [0.2, 0.25) is 5.02 Å². The Kier molecular flexibility index (Phi) is 13.4. The van der Waals surface area contributed by atoms with Crippen molar-refractivity contribution in [2.75, 3.05) is 6.54 Å². The maximum Gasteiger partial charge on any atom is 0.305 e. The minimum absolute atomic E-state index is 0.158. The Bertz CT molecular complexity index is 2390. The van der Waals surface area contributed by atoms with Crippen LogP contribution in [0.25, 0.3) is 22.3 Å². The average molecular weight is 812 g/mol. The molecule has 3 atom stereocenters. The highest BCUT2D eigenvalue weighted by molar-refractivity contribution is 6.32. The molecule has 0 aliphatic heterocycles. The number of aromatic nitrogens is 1. The number of nitrogens with one attached hydrogen (secondary N) is 1. The van der Waals surface area contributed by atoms with E-state index in [4.69, 9.17) is 26.2 Å². The number of carbonyl (C=O) groups excluding carboxylic acids is 1. The molecule has 2 unspecified atom stereocenters. The molecule has 4 aromatic carbocycles. The minimum atomic E-state index is -1.04. The number of carbonyl (C=O) groups is 2. The number of halogens is 1. The number of carboxylic acids is 1. The third-order valence-electron chi connectivity index (χ3n) is 11.8. The van der Waals surface area contributed by atoms with Gasteiger partial charge in [0.1, 0.15) is 36.6 Å². The number of ketones is 1. The molecule has 5 aromatic rings. The zero-order valence-corrected chi connectivity index (χ0v) is 34.4. The monoisotopic (exact) mass is 811 g/mol. The molecule has 304 valence electrons. The molecular weight excluding hydrogens is 762 g/mol. The Morgan fingerprint density at radius 3 is 2.46 bits per heavy atom. The van der Waals surface area contributed by atoms with E-state index in [9.17, 15) is 20.0 Å². The number of pyridine rings is 1. The molecule has 0 saturated heterocycles. The van der Waals surface area contributed by atoms with Crippen molar-refractivity contribution < 1.29 is 29.3 Å². The number of aliphatic carboxylic acids is 1. The predicted molar refractivity (Wildman–Crippen MR) is 229 cm³/mol. The highest BCUT2D eigenvalue weighted by atomic mass is 35.5. The molecule has 2 aliphatic carbocycles. The topological polar surface area (TPSA) is 142 Å². The molecule has 10 heteroatoms. The SMILES string of the molecule is Cc1c(COc2cc(OCc3cncc(C#N)c3)c(CCC[C@@H](O)CC(=O)O)cc2Cl)cccc1-c1cccc(-c2ccc3c(c2)CC(NCC2CCC(=O)C2)C3)c1C. The van der Waals surface area contributed by atoms with Crippen LogP contribution in [-0.4, -0.2) is 45.6 Å². The number of aliphatic hydroxyl groups excluding tert-OH is 1. The summed E-state index contributed by atoms with van der Waals surface area (Å²) in [5.41, 5.74) is 12.8. The van der Waals surface area contributed by atoms with Crippen molar-refractivity contribution in [3.63, 3.8) is 0 Å². The molecule has 1 saturated carbocycles. The van der Waals surface area contributed by atoms with Gasteiger partial charge >= 0.3 is 5.97 Å². The minimum Gasteiger partial charge on any atom is -0.488 e. The van der Waals surface area contributed by atoms with Gasteiger partial charge in [0.25, 0.3) is 0 Å². The molecule has 1 heterocycles. The van der Waals surface area contributed by atoms with Gasteiger partial charge in [-0.15, -0.1) is 0 Å². The summed E-state index contributed by atoms with van der Waals surface area (Å²) < 4.78 is 12.7. The van der Waals surface area contributed by atoms with Crippen LogP contribution in [0.1, 0.15) is 83.0 Å². The lowest BCUT2D eigenvalue weighted by Gasteiger charge is -2.18. The molecular formula is C49H50ClN3O6. The lowest BCUT2D eigenvalue weighted by atomic mass is 9.89. The Hall–Kier alpha value is -5.53. The smallest absolute Gasteiger partial charge is 0.305 e. The number of Topliss-reactive ketones (excluding diaryl/α,β-unsaturated/α-hetero) is 1. The average Bonchev–Trinajstić information content (AvgIpc) is 3.84. The molecule has 59 heavy (non-hydrogen) atoms. The molecule has 0 radical (unpaired) electrons. The van der Waals surface area contributed by atoms with Gasteiger partial charge in [0.05, 0.1) is 23.1 Å². The zero-order valence-electron chi connectivity index (χ0n) is 33.6. The maximum absolute atomic E-state index is 11.8. The first-order valence-corrected chi connectivity index (χ1v) is 20.8. The highest BCUT2D eigenvalue weighted by Gasteiger charge is 2.26. The molecule has 3 N–H and O–H groups in total. The second-order valence-electron chi connectivity index (χ2n) is 16.0. The van der Waals surface area contributed by atoms with E-state index in [1.807, 2.05) is 0 Å². The molecule has 7 rings (SSSR count). The third-order valence-corrected chi connectivity index (χ3v) is 12.1. The fourth-order valence-electron chi connectivity index (χ4n) is 8.49. The van der Waals surface area contributed by atoms with E-state index in [0.717, 1.165) is 72.0 Å².